The molecule has 0 spiro atoms. The summed E-state index contributed by atoms with van der Waals surface area (Å²) in [6.45, 7) is 3.88. The van der Waals surface area contributed by atoms with Crippen LogP contribution in [0.2, 0.25) is 5.02 Å². The Bertz CT molecular complexity index is 633. The van der Waals surface area contributed by atoms with Crippen molar-refractivity contribution in [3.05, 3.63) is 63.7 Å². The lowest BCUT2D eigenvalue weighted by Gasteiger charge is -2.09. The number of benzene rings is 2. The van der Waals surface area contributed by atoms with Crippen LogP contribution < -0.4 is 4.74 Å². The molecular weight excluding hydrogens is 260 g/mol. The first kappa shape index (κ1) is 13.6. The zero-order valence-electron chi connectivity index (χ0n) is 11.2. The van der Waals surface area contributed by atoms with Crippen LogP contribution in [-0.4, -0.2) is 12.9 Å². The number of ether oxygens (including phenoxy) is 1. The van der Waals surface area contributed by atoms with Gasteiger partial charge in [-0.3, -0.25) is 4.79 Å². The smallest absolute Gasteiger partial charge is 0.194 e. The molecule has 0 saturated heterocycles. The first-order chi connectivity index (χ1) is 9.02. The second-order valence-corrected chi connectivity index (χ2v) is 4.90. The molecule has 0 unspecified atom stereocenters. The Morgan fingerprint density at radius 2 is 1.79 bits per heavy atom. The molecule has 0 radical (unpaired) electrons. The van der Waals surface area contributed by atoms with Crippen molar-refractivity contribution in [1.29, 1.82) is 0 Å². The van der Waals surface area contributed by atoms with E-state index >= 15 is 0 Å². The summed E-state index contributed by atoms with van der Waals surface area (Å²) in [4.78, 5) is 12.5. The van der Waals surface area contributed by atoms with E-state index in [4.69, 9.17) is 16.3 Å². The number of hydrogen-bond donors (Lipinski definition) is 0. The normalized spacial score (nSPS) is 10.3. The van der Waals surface area contributed by atoms with E-state index in [-0.39, 0.29) is 5.78 Å². The van der Waals surface area contributed by atoms with E-state index in [1.54, 1.807) is 25.3 Å². The van der Waals surface area contributed by atoms with Crippen molar-refractivity contribution in [2.45, 2.75) is 13.8 Å². The van der Waals surface area contributed by atoms with Gasteiger partial charge in [-0.05, 0) is 43.7 Å². The summed E-state index contributed by atoms with van der Waals surface area (Å²) >= 11 is 6.14. The lowest BCUT2D eigenvalue weighted by atomic mass is 9.97. The third-order valence-electron chi connectivity index (χ3n) is 3.06. The van der Waals surface area contributed by atoms with Gasteiger partial charge in [0.1, 0.15) is 5.75 Å². The standard InChI is InChI=1S/C16H15ClO2/c1-10-4-5-11(2)14(8-10)16(18)13-7-6-12(19-3)9-15(13)17/h4-9H,1-3H3. The molecule has 0 bridgehead atoms. The third kappa shape index (κ3) is 2.79. The Kier molecular flexibility index (Phi) is 3.91. The minimum atomic E-state index is -0.0612. The zero-order valence-corrected chi connectivity index (χ0v) is 11.9. The van der Waals surface area contributed by atoms with E-state index in [0.29, 0.717) is 21.9 Å². The first-order valence-electron chi connectivity index (χ1n) is 5.98. The fourth-order valence-electron chi connectivity index (χ4n) is 1.93. The zero-order chi connectivity index (χ0) is 14.0. The van der Waals surface area contributed by atoms with Crippen molar-refractivity contribution < 1.29 is 9.53 Å². The number of hydrogen-bond acceptors (Lipinski definition) is 2. The number of ketones is 1. The monoisotopic (exact) mass is 274 g/mol. The molecular formula is C16H15ClO2. The summed E-state index contributed by atoms with van der Waals surface area (Å²) in [6.07, 6.45) is 0. The van der Waals surface area contributed by atoms with Crippen molar-refractivity contribution in [3.8, 4) is 5.75 Å². The molecule has 0 atom stereocenters. The van der Waals surface area contributed by atoms with Crippen molar-refractivity contribution in [2.24, 2.45) is 0 Å². The molecule has 2 nitrogen and oxygen atoms in total. The van der Waals surface area contributed by atoms with E-state index in [1.807, 2.05) is 32.0 Å². The first-order valence-corrected chi connectivity index (χ1v) is 6.36. The van der Waals surface area contributed by atoms with Crippen LogP contribution >= 0.6 is 11.6 Å². The molecule has 0 aliphatic carbocycles. The Hall–Kier alpha value is -1.80. The van der Waals surface area contributed by atoms with Crippen LogP contribution in [0, 0.1) is 13.8 Å². The minimum absolute atomic E-state index is 0.0612. The largest absolute Gasteiger partial charge is 0.497 e. The maximum atomic E-state index is 12.5. The molecule has 0 aliphatic heterocycles. The van der Waals surface area contributed by atoms with Crippen LogP contribution in [0.25, 0.3) is 0 Å². The van der Waals surface area contributed by atoms with Gasteiger partial charge in [0, 0.05) is 11.1 Å². The van der Waals surface area contributed by atoms with Crippen LogP contribution in [0.1, 0.15) is 27.0 Å². The van der Waals surface area contributed by atoms with Gasteiger partial charge in [-0.25, -0.2) is 0 Å². The van der Waals surface area contributed by atoms with Crippen LogP contribution in [0.4, 0.5) is 0 Å². The Morgan fingerprint density at radius 3 is 2.42 bits per heavy atom. The van der Waals surface area contributed by atoms with Crippen LogP contribution in [0.3, 0.4) is 0 Å². The summed E-state index contributed by atoms with van der Waals surface area (Å²) in [5, 5.41) is 0.408. The average molecular weight is 275 g/mol. The molecule has 98 valence electrons. The number of halogens is 1. The predicted molar refractivity (Wildman–Crippen MR) is 77.4 cm³/mol. The fourth-order valence-corrected chi connectivity index (χ4v) is 2.19. The van der Waals surface area contributed by atoms with Gasteiger partial charge in [-0.2, -0.15) is 0 Å². The lowest BCUT2D eigenvalue weighted by Crippen LogP contribution is -2.05. The van der Waals surface area contributed by atoms with E-state index < -0.39 is 0 Å². The van der Waals surface area contributed by atoms with Gasteiger partial charge in [0.25, 0.3) is 0 Å². The predicted octanol–water partition coefficient (Wildman–Crippen LogP) is 4.20. The highest BCUT2D eigenvalue weighted by molar-refractivity contribution is 6.35. The fraction of sp³-hybridized carbons (Fsp3) is 0.188. The molecule has 2 rings (SSSR count). The van der Waals surface area contributed by atoms with Crippen molar-refractivity contribution in [1.82, 2.24) is 0 Å². The maximum absolute atomic E-state index is 12.5. The summed E-state index contributed by atoms with van der Waals surface area (Å²) < 4.78 is 5.08. The number of carbonyl (C=O) groups is 1. The second kappa shape index (κ2) is 5.45. The molecule has 0 aliphatic rings. The van der Waals surface area contributed by atoms with E-state index in [1.165, 1.54) is 0 Å². The Labute approximate surface area is 118 Å². The van der Waals surface area contributed by atoms with E-state index in [2.05, 4.69) is 0 Å². The SMILES string of the molecule is COc1ccc(C(=O)c2cc(C)ccc2C)c(Cl)c1. The molecule has 19 heavy (non-hydrogen) atoms. The number of carbonyl (C=O) groups excluding carboxylic acids is 1. The van der Waals surface area contributed by atoms with Gasteiger partial charge >= 0.3 is 0 Å². The molecule has 0 N–H and O–H groups in total. The van der Waals surface area contributed by atoms with Gasteiger partial charge in [0.05, 0.1) is 12.1 Å². The summed E-state index contributed by atoms with van der Waals surface area (Å²) in [5.74, 6) is 0.580. The van der Waals surface area contributed by atoms with Crippen molar-refractivity contribution in [2.75, 3.05) is 7.11 Å². The van der Waals surface area contributed by atoms with Gasteiger partial charge in [0.15, 0.2) is 5.78 Å². The highest BCUT2D eigenvalue weighted by Crippen LogP contribution is 2.25. The highest BCUT2D eigenvalue weighted by Gasteiger charge is 2.15. The van der Waals surface area contributed by atoms with Crippen molar-refractivity contribution >= 4 is 17.4 Å². The molecule has 0 heterocycles. The minimum Gasteiger partial charge on any atom is -0.497 e. The topological polar surface area (TPSA) is 26.3 Å². The third-order valence-corrected chi connectivity index (χ3v) is 3.37. The Morgan fingerprint density at radius 1 is 1.05 bits per heavy atom. The number of aryl methyl sites for hydroxylation is 2. The lowest BCUT2D eigenvalue weighted by molar-refractivity contribution is 0.103. The average Bonchev–Trinajstić information content (AvgIpc) is 2.40. The summed E-state index contributed by atoms with van der Waals surface area (Å²) in [6, 6.07) is 10.9. The molecule has 0 amide bonds. The Balaban J connectivity index is 2.47. The van der Waals surface area contributed by atoms with Gasteiger partial charge in [-0.1, -0.05) is 29.3 Å². The summed E-state index contributed by atoms with van der Waals surface area (Å²) in [5.41, 5.74) is 3.18. The van der Waals surface area contributed by atoms with E-state index in [9.17, 15) is 4.79 Å². The van der Waals surface area contributed by atoms with Gasteiger partial charge in [0.2, 0.25) is 0 Å². The number of rotatable bonds is 3. The van der Waals surface area contributed by atoms with E-state index in [0.717, 1.165) is 11.1 Å². The molecule has 0 saturated carbocycles. The molecule has 2 aromatic carbocycles. The molecule has 2 aromatic rings. The molecule has 0 aromatic heterocycles. The van der Waals surface area contributed by atoms with Crippen LogP contribution in [0.5, 0.6) is 5.75 Å². The van der Waals surface area contributed by atoms with Gasteiger partial charge in [-0.15, -0.1) is 0 Å². The molecule has 0 fully saturated rings. The summed E-state index contributed by atoms with van der Waals surface area (Å²) in [7, 11) is 1.57. The molecule has 3 heteroatoms. The maximum Gasteiger partial charge on any atom is 0.194 e. The van der Waals surface area contributed by atoms with Crippen LogP contribution in [-0.2, 0) is 0 Å². The second-order valence-electron chi connectivity index (χ2n) is 4.49. The van der Waals surface area contributed by atoms with Crippen molar-refractivity contribution in [3.63, 3.8) is 0 Å². The van der Waals surface area contributed by atoms with Crippen LogP contribution in [0.15, 0.2) is 36.4 Å². The highest BCUT2D eigenvalue weighted by atomic mass is 35.5. The number of methoxy groups -OCH3 is 1. The van der Waals surface area contributed by atoms with Gasteiger partial charge < -0.3 is 4.74 Å². The quantitative estimate of drug-likeness (QED) is 0.784.